The zero-order valence-electron chi connectivity index (χ0n) is 19.6. The Labute approximate surface area is 214 Å². The number of benzene rings is 5. The van der Waals surface area contributed by atoms with Gasteiger partial charge < -0.3 is 4.18 Å². The van der Waals surface area contributed by atoms with Gasteiger partial charge in [0.25, 0.3) is 0 Å². The first-order chi connectivity index (χ1) is 18.1. The van der Waals surface area contributed by atoms with E-state index in [0.29, 0.717) is 11.3 Å². The molecule has 0 bridgehead atoms. The fraction of sp³-hybridized carbons (Fsp3) is 0. The fourth-order valence-corrected chi connectivity index (χ4v) is 5.31. The molecule has 0 spiro atoms. The second-order valence-electron chi connectivity index (χ2n) is 8.46. The Balaban J connectivity index is 1.47. The fourth-order valence-electron chi connectivity index (χ4n) is 4.16. The average molecular weight is 504 g/mol. The van der Waals surface area contributed by atoms with Crippen LogP contribution < -0.4 is 4.18 Å². The second kappa shape index (κ2) is 9.37. The lowest BCUT2D eigenvalue weighted by atomic mass is 10.1. The molecular formula is C30H21N3O3S. The van der Waals surface area contributed by atoms with E-state index in [2.05, 4.69) is 5.10 Å². The monoisotopic (exact) mass is 503 g/mol. The molecule has 0 fully saturated rings. The van der Waals surface area contributed by atoms with Crippen molar-refractivity contribution in [3.05, 3.63) is 126 Å². The summed E-state index contributed by atoms with van der Waals surface area (Å²) in [4.78, 5) is 1.48. The molecule has 1 aromatic heterocycles. The number of nitrogens with zero attached hydrogens (tertiary/aromatic N) is 3. The van der Waals surface area contributed by atoms with E-state index in [1.165, 1.54) is 4.80 Å². The zero-order valence-corrected chi connectivity index (χ0v) is 20.4. The Hall–Kier alpha value is -4.75. The molecule has 0 atom stereocenters. The van der Waals surface area contributed by atoms with Gasteiger partial charge in [0.05, 0.1) is 5.69 Å². The third-order valence-electron chi connectivity index (χ3n) is 5.98. The van der Waals surface area contributed by atoms with Crippen LogP contribution in [0.2, 0.25) is 0 Å². The van der Waals surface area contributed by atoms with Crippen LogP contribution in [-0.2, 0) is 10.1 Å². The minimum Gasteiger partial charge on any atom is -0.379 e. The molecule has 0 aliphatic heterocycles. The van der Waals surface area contributed by atoms with E-state index in [1.54, 1.807) is 54.6 Å². The summed E-state index contributed by atoms with van der Waals surface area (Å²) >= 11 is 0. The zero-order chi connectivity index (χ0) is 25.2. The van der Waals surface area contributed by atoms with Gasteiger partial charge in [-0.25, -0.2) is 0 Å². The summed E-state index contributed by atoms with van der Waals surface area (Å²) < 4.78 is 32.4. The minimum absolute atomic E-state index is 0.0206. The lowest BCUT2D eigenvalue weighted by Gasteiger charge is -2.11. The van der Waals surface area contributed by atoms with Crippen LogP contribution in [-0.4, -0.2) is 23.4 Å². The lowest BCUT2D eigenvalue weighted by molar-refractivity contribution is 0.486. The Bertz CT molecular complexity index is 1860. The molecule has 0 amide bonds. The first-order valence-corrected chi connectivity index (χ1v) is 13.1. The summed E-state index contributed by atoms with van der Waals surface area (Å²) in [6.45, 7) is 0. The molecule has 0 aliphatic rings. The average Bonchev–Trinajstić information content (AvgIpc) is 3.38. The number of fused-ring (bicyclic) bond motifs is 3. The molecule has 180 valence electrons. The molecule has 37 heavy (non-hydrogen) atoms. The molecule has 5 aromatic carbocycles. The summed E-state index contributed by atoms with van der Waals surface area (Å²) in [5.41, 5.74) is 3.41. The van der Waals surface area contributed by atoms with Gasteiger partial charge in [0.15, 0.2) is 0 Å². The standard InChI is InChI=1S/C30H21N3O3S/c34-37(35,36-26-12-5-2-6-13-26)29-21-25(19-17-24(29)16-15-22-9-3-1-4-10-22)33-31-28-20-18-23-11-7-8-14-27(23)30(28)32-33/h1-21H/b16-15+. The summed E-state index contributed by atoms with van der Waals surface area (Å²) in [6, 6.07) is 35.1. The van der Waals surface area contributed by atoms with E-state index in [9.17, 15) is 8.42 Å². The molecule has 6 aromatic rings. The predicted octanol–water partition coefficient (Wildman–Crippen LogP) is 6.51. The Morgan fingerprint density at radius 1 is 0.703 bits per heavy atom. The van der Waals surface area contributed by atoms with Gasteiger partial charge in [0.2, 0.25) is 0 Å². The van der Waals surface area contributed by atoms with Crippen molar-refractivity contribution in [3.8, 4) is 11.4 Å². The smallest absolute Gasteiger partial charge is 0.339 e. The van der Waals surface area contributed by atoms with Crippen molar-refractivity contribution in [2.75, 3.05) is 0 Å². The van der Waals surface area contributed by atoms with E-state index in [1.807, 2.05) is 72.8 Å². The van der Waals surface area contributed by atoms with Crippen LogP contribution in [0.3, 0.4) is 0 Å². The third-order valence-corrected chi connectivity index (χ3v) is 7.28. The molecule has 6 nitrogen and oxygen atoms in total. The van der Waals surface area contributed by atoms with Gasteiger partial charge >= 0.3 is 10.1 Å². The third kappa shape index (κ3) is 4.60. The number of rotatable bonds is 6. The van der Waals surface area contributed by atoms with Crippen molar-refractivity contribution in [2.24, 2.45) is 0 Å². The maximum Gasteiger partial charge on any atom is 0.339 e. The van der Waals surface area contributed by atoms with Gasteiger partial charge in [-0.1, -0.05) is 97.1 Å². The van der Waals surface area contributed by atoms with Crippen molar-refractivity contribution in [3.63, 3.8) is 0 Å². The van der Waals surface area contributed by atoms with E-state index in [4.69, 9.17) is 9.28 Å². The van der Waals surface area contributed by atoms with Gasteiger partial charge in [-0.05, 0) is 46.8 Å². The van der Waals surface area contributed by atoms with E-state index < -0.39 is 10.1 Å². The SMILES string of the molecule is O=S(=O)(Oc1ccccc1)c1cc(-n2nc3ccc4ccccc4c3n2)ccc1/C=C/c1ccccc1. The number of hydrogen-bond acceptors (Lipinski definition) is 5. The molecule has 6 rings (SSSR count). The normalized spacial score (nSPS) is 11.9. The molecule has 0 unspecified atom stereocenters. The highest BCUT2D eigenvalue weighted by Gasteiger charge is 2.22. The quantitative estimate of drug-likeness (QED) is 0.191. The molecule has 0 saturated heterocycles. The summed E-state index contributed by atoms with van der Waals surface area (Å²) in [6.07, 6.45) is 3.63. The van der Waals surface area contributed by atoms with Crippen LogP contribution in [0, 0.1) is 0 Å². The van der Waals surface area contributed by atoms with E-state index in [0.717, 1.165) is 27.4 Å². The molecule has 7 heteroatoms. The highest BCUT2D eigenvalue weighted by Crippen LogP contribution is 2.27. The lowest BCUT2D eigenvalue weighted by Crippen LogP contribution is -2.12. The summed E-state index contributed by atoms with van der Waals surface area (Å²) in [5.74, 6) is 0.236. The van der Waals surface area contributed by atoms with Gasteiger partial charge in [0.1, 0.15) is 21.7 Å². The predicted molar refractivity (Wildman–Crippen MR) is 146 cm³/mol. The maximum atomic E-state index is 13.5. The first kappa shape index (κ1) is 22.7. The van der Waals surface area contributed by atoms with Gasteiger partial charge in [-0.3, -0.25) is 0 Å². The van der Waals surface area contributed by atoms with Crippen LogP contribution in [0.25, 0.3) is 39.6 Å². The molecule has 0 N–H and O–H groups in total. The molecular weight excluding hydrogens is 482 g/mol. The first-order valence-electron chi connectivity index (χ1n) is 11.7. The largest absolute Gasteiger partial charge is 0.379 e. The van der Waals surface area contributed by atoms with Crippen molar-refractivity contribution >= 4 is 44.1 Å². The van der Waals surface area contributed by atoms with E-state index in [-0.39, 0.29) is 10.6 Å². The van der Waals surface area contributed by atoms with E-state index >= 15 is 0 Å². The van der Waals surface area contributed by atoms with Crippen molar-refractivity contribution in [2.45, 2.75) is 4.90 Å². The molecule has 0 saturated carbocycles. The topological polar surface area (TPSA) is 74.1 Å². The Morgan fingerprint density at radius 3 is 2.24 bits per heavy atom. The maximum absolute atomic E-state index is 13.5. The van der Waals surface area contributed by atoms with Crippen LogP contribution >= 0.6 is 0 Å². The van der Waals surface area contributed by atoms with Crippen molar-refractivity contribution in [1.82, 2.24) is 15.0 Å². The highest BCUT2D eigenvalue weighted by molar-refractivity contribution is 7.87. The minimum atomic E-state index is -4.16. The Kier molecular flexibility index (Phi) is 5.75. The highest BCUT2D eigenvalue weighted by atomic mass is 32.2. The number of aromatic nitrogens is 3. The van der Waals surface area contributed by atoms with Crippen LogP contribution in [0.4, 0.5) is 0 Å². The molecule has 0 radical (unpaired) electrons. The van der Waals surface area contributed by atoms with Crippen molar-refractivity contribution < 1.29 is 12.6 Å². The van der Waals surface area contributed by atoms with Crippen LogP contribution in [0.1, 0.15) is 11.1 Å². The van der Waals surface area contributed by atoms with Gasteiger partial charge in [-0.15, -0.1) is 10.2 Å². The Morgan fingerprint density at radius 2 is 1.43 bits per heavy atom. The second-order valence-corrected chi connectivity index (χ2v) is 9.98. The summed E-state index contributed by atoms with van der Waals surface area (Å²) in [5, 5.41) is 11.3. The number of para-hydroxylation sites is 1. The van der Waals surface area contributed by atoms with Gasteiger partial charge in [0, 0.05) is 5.39 Å². The summed E-state index contributed by atoms with van der Waals surface area (Å²) in [7, 11) is -4.16. The molecule has 1 heterocycles. The van der Waals surface area contributed by atoms with Crippen LogP contribution in [0.15, 0.2) is 120 Å². The number of hydrogen-bond donors (Lipinski definition) is 0. The van der Waals surface area contributed by atoms with Crippen molar-refractivity contribution in [1.29, 1.82) is 0 Å². The van der Waals surface area contributed by atoms with Crippen LogP contribution in [0.5, 0.6) is 5.75 Å². The van der Waals surface area contributed by atoms with Gasteiger partial charge in [-0.2, -0.15) is 13.2 Å². The molecule has 0 aliphatic carbocycles.